The van der Waals surface area contributed by atoms with Gasteiger partial charge in [-0.2, -0.15) is 9.36 Å². The highest BCUT2D eigenvalue weighted by Crippen LogP contribution is 2.40. The first kappa shape index (κ1) is 31.6. The van der Waals surface area contributed by atoms with E-state index >= 15 is 0 Å². The van der Waals surface area contributed by atoms with Gasteiger partial charge in [-0.15, -0.1) is 11.8 Å². The summed E-state index contributed by atoms with van der Waals surface area (Å²) < 4.78 is 5.77. The number of oxime groups is 1. The molecule has 4 heterocycles. The molecule has 0 radical (unpaired) electrons. The van der Waals surface area contributed by atoms with Crippen LogP contribution in [0.15, 0.2) is 41.0 Å². The normalized spacial score (nSPS) is 18.7. The van der Waals surface area contributed by atoms with Gasteiger partial charge in [0.15, 0.2) is 24.1 Å². The van der Waals surface area contributed by atoms with Crippen LogP contribution in [0.2, 0.25) is 0 Å². The number of carbonyl (C=O) groups is 4. The lowest BCUT2D eigenvalue weighted by atomic mass is 10.0. The zero-order chi connectivity index (χ0) is 31.5. The molecular formula is C25H32N9O7S2+. The van der Waals surface area contributed by atoms with Crippen molar-refractivity contribution in [2.45, 2.75) is 37.4 Å². The summed E-state index contributed by atoms with van der Waals surface area (Å²) >= 11 is 2.09. The number of amides is 2. The maximum Gasteiger partial charge on any atom is 0.352 e. The lowest BCUT2D eigenvalue weighted by Crippen LogP contribution is -2.71. The average Bonchev–Trinajstić information content (AvgIpc) is 3.37. The third kappa shape index (κ3) is 7.20. The Hall–Kier alpha value is -4.29. The Kier molecular flexibility index (Phi) is 9.51. The summed E-state index contributed by atoms with van der Waals surface area (Å²) in [5.74, 6) is -4.04. The Morgan fingerprint density at radius 2 is 1.98 bits per heavy atom. The van der Waals surface area contributed by atoms with Crippen LogP contribution in [0.5, 0.6) is 0 Å². The van der Waals surface area contributed by atoms with Gasteiger partial charge in [-0.1, -0.05) is 5.16 Å². The van der Waals surface area contributed by atoms with Crippen molar-refractivity contribution in [3.63, 3.8) is 0 Å². The second kappa shape index (κ2) is 12.9. The average molecular weight is 635 g/mol. The zero-order valence-electron chi connectivity index (χ0n) is 23.8. The van der Waals surface area contributed by atoms with Crippen LogP contribution in [0, 0.1) is 0 Å². The minimum atomic E-state index is -1.78. The van der Waals surface area contributed by atoms with Crippen molar-refractivity contribution in [3.05, 3.63) is 41.6 Å². The molecule has 6 N–H and O–H groups in total. The van der Waals surface area contributed by atoms with Crippen LogP contribution in [-0.2, 0) is 30.6 Å². The molecule has 0 saturated carbocycles. The number of nitrogens with zero attached hydrogens (tertiary/aromatic N) is 6. The van der Waals surface area contributed by atoms with Crippen LogP contribution in [0.3, 0.4) is 0 Å². The third-order valence-electron chi connectivity index (χ3n) is 6.44. The van der Waals surface area contributed by atoms with Gasteiger partial charge < -0.3 is 36.3 Å². The number of hydrogen-bond acceptors (Lipinski definition) is 13. The van der Waals surface area contributed by atoms with E-state index in [1.807, 2.05) is 43.2 Å². The number of anilines is 2. The van der Waals surface area contributed by atoms with Crippen LogP contribution in [-0.4, -0.2) is 109 Å². The lowest BCUT2D eigenvalue weighted by molar-refractivity contribution is -0.688. The number of carboxylic acid groups (broad SMARTS) is 2. The van der Waals surface area contributed by atoms with Crippen LogP contribution < -0.4 is 20.9 Å². The highest BCUT2D eigenvalue weighted by molar-refractivity contribution is 8.00. The monoisotopic (exact) mass is 634 g/mol. The number of thioether (sulfide) groups is 1. The molecule has 2 aromatic rings. The minimum Gasteiger partial charge on any atom is -0.478 e. The second-order valence-electron chi connectivity index (χ2n) is 10.4. The van der Waals surface area contributed by atoms with Gasteiger partial charge in [-0.25, -0.2) is 14.2 Å². The highest BCUT2D eigenvalue weighted by Gasteiger charge is 2.55. The van der Waals surface area contributed by atoms with Gasteiger partial charge in [0, 0.05) is 53.8 Å². The lowest BCUT2D eigenvalue weighted by Gasteiger charge is -2.49. The third-order valence-corrected chi connectivity index (χ3v) is 8.32. The molecule has 2 aromatic heterocycles. The minimum absolute atomic E-state index is 0.0265. The summed E-state index contributed by atoms with van der Waals surface area (Å²) in [6, 6.07) is 2.70. The molecule has 0 unspecified atom stereocenters. The molecule has 4 rings (SSSR count). The van der Waals surface area contributed by atoms with Crippen molar-refractivity contribution in [2.24, 2.45) is 5.16 Å². The van der Waals surface area contributed by atoms with Gasteiger partial charge in [0.2, 0.25) is 17.1 Å². The van der Waals surface area contributed by atoms with Crippen molar-refractivity contribution in [3.8, 4) is 0 Å². The van der Waals surface area contributed by atoms with Crippen molar-refractivity contribution < 1.29 is 38.8 Å². The first-order valence-corrected chi connectivity index (χ1v) is 14.8. The number of pyridine rings is 1. The van der Waals surface area contributed by atoms with Gasteiger partial charge in [0.1, 0.15) is 17.1 Å². The number of carboxylic acids is 2. The molecule has 2 atom stereocenters. The zero-order valence-corrected chi connectivity index (χ0v) is 25.4. The molecule has 2 amide bonds. The van der Waals surface area contributed by atoms with E-state index in [-0.39, 0.29) is 23.2 Å². The number of nitrogens with one attached hydrogen (secondary N) is 2. The number of rotatable bonds is 13. The molecule has 1 saturated heterocycles. The van der Waals surface area contributed by atoms with Crippen molar-refractivity contribution in [1.29, 1.82) is 0 Å². The van der Waals surface area contributed by atoms with Gasteiger partial charge in [-0.05, 0) is 27.9 Å². The summed E-state index contributed by atoms with van der Waals surface area (Å²) in [6.07, 6.45) is 3.66. The standard InChI is InChI=1S/C25H31N9O7S2/c1-25(2,23(39)40)41-30-15(18-29-24(26)43-31-18)19(35)28-16-20(36)34-17(22(37)38)13(12-42-21(16)34)11-33-8-5-14(6-9-33)27-7-10-32(3)4/h5-6,8-9,16,21H,7,10-12H2,1-4H3,(H5,26,28,29,31,35,37,38,39,40)/p+1/b30-15-/t16-,21-/m1/s1. The summed E-state index contributed by atoms with van der Waals surface area (Å²) in [5.41, 5.74) is 4.70. The van der Waals surface area contributed by atoms with Crippen LogP contribution in [0.4, 0.5) is 10.8 Å². The quantitative estimate of drug-likeness (QED) is 0.0806. The van der Waals surface area contributed by atoms with Gasteiger partial charge in [-0.3, -0.25) is 14.5 Å². The van der Waals surface area contributed by atoms with Gasteiger partial charge >= 0.3 is 11.9 Å². The SMILES string of the molecule is CN(C)CCNc1cc[n+](CC2=C(C(=O)O)N3C(=O)[C@@H](NC(=O)/C(=N\OC(C)(C)C(=O)O)c4nsc(N)n4)[C@H]3SC2)cc1. The Morgan fingerprint density at radius 1 is 1.28 bits per heavy atom. The Morgan fingerprint density at radius 3 is 2.56 bits per heavy atom. The van der Waals surface area contributed by atoms with Gasteiger partial charge in [0.25, 0.3) is 11.8 Å². The number of fused-ring (bicyclic) bond motifs is 1. The molecule has 16 nitrogen and oxygen atoms in total. The number of nitrogen functional groups attached to an aromatic ring is 1. The van der Waals surface area contributed by atoms with E-state index in [0.717, 1.165) is 35.2 Å². The topological polar surface area (TPSA) is 217 Å². The van der Waals surface area contributed by atoms with E-state index in [4.69, 9.17) is 10.6 Å². The number of likely N-dealkylation sites (N-methyl/N-ethyl adjacent to an activating group) is 1. The maximum atomic E-state index is 13.2. The summed E-state index contributed by atoms with van der Waals surface area (Å²) in [7, 11) is 3.98. The molecular weight excluding hydrogens is 602 g/mol. The summed E-state index contributed by atoms with van der Waals surface area (Å²) in [6.45, 7) is 4.36. The van der Waals surface area contributed by atoms with E-state index in [0.29, 0.717) is 11.3 Å². The van der Waals surface area contributed by atoms with E-state index in [2.05, 4.69) is 30.0 Å². The van der Waals surface area contributed by atoms with E-state index in [1.54, 1.807) is 0 Å². The van der Waals surface area contributed by atoms with E-state index in [1.165, 1.54) is 25.6 Å². The second-order valence-corrected chi connectivity index (χ2v) is 12.3. The molecule has 230 valence electrons. The summed E-state index contributed by atoms with van der Waals surface area (Å²) in [5, 5.41) is 28.2. The number of nitrogens with two attached hydrogens (primary N) is 1. The number of hydrogen-bond donors (Lipinski definition) is 5. The molecule has 0 aromatic carbocycles. The fourth-order valence-electron chi connectivity index (χ4n) is 4.05. The Bertz CT molecular complexity index is 1470. The molecule has 0 spiro atoms. The molecule has 2 aliphatic heterocycles. The van der Waals surface area contributed by atoms with Crippen LogP contribution in [0.1, 0.15) is 19.7 Å². The molecule has 18 heteroatoms. The number of aromatic nitrogens is 3. The van der Waals surface area contributed by atoms with Crippen molar-refractivity contribution in [2.75, 3.05) is 44.0 Å². The summed E-state index contributed by atoms with van der Waals surface area (Å²) in [4.78, 5) is 62.3. The Balaban J connectivity index is 1.48. The Labute approximate surface area is 254 Å². The molecule has 1 fully saturated rings. The largest absolute Gasteiger partial charge is 0.478 e. The predicted octanol–water partition coefficient (Wildman–Crippen LogP) is -0.596. The smallest absolute Gasteiger partial charge is 0.352 e. The van der Waals surface area contributed by atoms with Crippen molar-refractivity contribution >= 4 is 63.6 Å². The fourth-order valence-corrected chi connectivity index (χ4v) is 5.82. The molecule has 43 heavy (non-hydrogen) atoms. The predicted molar refractivity (Wildman–Crippen MR) is 157 cm³/mol. The first-order valence-electron chi connectivity index (χ1n) is 13.0. The molecule has 0 bridgehead atoms. The van der Waals surface area contributed by atoms with Crippen molar-refractivity contribution in [1.82, 2.24) is 24.5 Å². The highest BCUT2D eigenvalue weighted by atomic mass is 32.2. The van der Waals surface area contributed by atoms with Crippen LogP contribution >= 0.6 is 23.3 Å². The molecule has 0 aliphatic carbocycles. The number of carbonyl (C=O) groups excluding carboxylic acids is 2. The number of aliphatic carboxylic acids is 2. The number of β-lactam (4-membered cyclic amide) rings is 1. The molecule has 2 aliphatic rings. The fraction of sp³-hybridized carbons (Fsp3) is 0.440. The van der Waals surface area contributed by atoms with E-state index in [9.17, 15) is 29.4 Å². The van der Waals surface area contributed by atoms with Crippen LogP contribution in [0.25, 0.3) is 0 Å². The van der Waals surface area contributed by atoms with E-state index < -0.39 is 46.5 Å². The van der Waals surface area contributed by atoms with Gasteiger partial charge in [0.05, 0.1) is 0 Å². The maximum absolute atomic E-state index is 13.2. The first-order chi connectivity index (χ1) is 20.3.